The summed E-state index contributed by atoms with van der Waals surface area (Å²) < 4.78 is 2.43. The average molecular weight is 802 g/mol. The standard InChI is InChI=1S/C29H23N3.C14H14N.Ir/c1-2-3-18-30-19-31(25-15-7-6-14-24(25)30)26-16-9-17-27-28(26)22-12-8-11-21-20-10-4-5-13-23(20)32(27)29(21)22;1-10-4-6-13(7-5-10)14-8-11(2)12(3)9-15-14;/h4-15,17,19H,2-3,18H2,1H3;4-6,8-9H,1-3H3;/q-2;-1;+3. The first kappa shape index (κ1) is 31.9. The van der Waals surface area contributed by atoms with E-state index < -0.39 is 0 Å². The Kier molecular flexibility index (Phi) is 8.68. The fourth-order valence-corrected chi connectivity index (χ4v) is 6.88. The van der Waals surface area contributed by atoms with Crippen molar-refractivity contribution < 1.29 is 20.1 Å². The Balaban J connectivity index is 0.000000193. The van der Waals surface area contributed by atoms with Crippen LogP contribution in [0, 0.1) is 39.6 Å². The molecule has 0 spiro atoms. The zero-order valence-electron chi connectivity index (χ0n) is 27.7. The summed E-state index contributed by atoms with van der Waals surface area (Å²) in [5.41, 5.74) is 13.2. The Morgan fingerprint density at radius 2 is 1.52 bits per heavy atom. The molecule has 48 heavy (non-hydrogen) atoms. The van der Waals surface area contributed by atoms with Crippen molar-refractivity contribution in [3.05, 3.63) is 145 Å². The van der Waals surface area contributed by atoms with Gasteiger partial charge in [0, 0.05) is 33.9 Å². The van der Waals surface area contributed by atoms with Crippen LogP contribution in [0.15, 0.2) is 109 Å². The molecule has 0 saturated carbocycles. The molecule has 3 aromatic heterocycles. The van der Waals surface area contributed by atoms with Crippen LogP contribution >= 0.6 is 0 Å². The molecule has 9 rings (SSSR count). The molecule has 0 radical (unpaired) electrons. The molecule has 0 unspecified atom stereocenters. The van der Waals surface area contributed by atoms with Gasteiger partial charge < -0.3 is 19.2 Å². The van der Waals surface area contributed by atoms with Gasteiger partial charge in [-0.2, -0.15) is 18.8 Å². The van der Waals surface area contributed by atoms with Gasteiger partial charge in [-0.1, -0.05) is 97.0 Å². The van der Waals surface area contributed by atoms with Crippen molar-refractivity contribution in [2.75, 3.05) is 16.3 Å². The monoisotopic (exact) mass is 802 g/mol. The zero-order chi connectivity index (χ0) is 32.1. The van der Waals surface area contributed by atoms with Gasteiger partial charge in [-0.15, -0.1) is 41.5 Å². The van der Waals surface area contributed by atoms with E-state index in [9.17, 15) is 0 Å². The van der Waals surface area contributed by atoms with Crippen LogP contribution in [0.4, 0.5) is 17.1 Å². The van der Waals surface area contributed by atoms with E-state index in [1.165, 1.54) is 79.0 Å². The minimum atomic E-state index is 0. The fraction of sp³-hybridized carbons (Fsp3) is 0.163. The maximum absolute atomic E-state index is 4.41. The number of hydrogen-bond donors (Lipinski definition) is 0. The number of pyridine rings is 1. The first-order chi connectivity index (χ1) is 23.0. The molecule has 1 aliphatic heterocycles. The SMILES string of the molecule is CCCCN1[CH-]N(c2[c-]ccc3c2c2cccc4c5ccccc5n3c42)c2ccccc21.Cc1c[c-]c(-c2cc(C)c(C)cn2)cc1.[Ir+3]. The molecule has 0 atom stereocenters. The molecule has 8 aromatic rings. The maximum Gasteiger partial charge on any atom is 3.00 e. The summed E-state index contributed by atoms with van der Waals surface area (Å²) in [6, 6.07) is 43.5. The second-order valence-electron chi connectivity index (χ2n) is 12.6. The van der Waals surface area contributed by atoms with Crippen LogP contribution in [0.2, 0.25) is 0 Å². The number of aromatic nitrogens is 2. The van der Waals surface area contributed by atoms with Crippen molar-refractivity contribution in [2.45, 2.75) is 40.5 Å². The number of rotatable bonds is 5. The summed E-state index contributed by atoms with van der Waals surface area (Å²) in [5, 5.41) is 5.18. The van der Waals surface area contributed by atoms with Crippen LogP contribution < -0.4 is 9.80 Å². The Labute approximate surface area is 296 Å². The second kappa shape index (κ2) is 13.1. The number of para-hydroxylation sites is 4. The van der Waals surface area contributed by atoms with Gasteiger partial charge in [-0.25, -0.2) is 0 Å². The molecule has 0 N–H and O–H groups in total. The first-order valence-corrected chi connectivity index (χ1v) is 16.5. The van der Waals surface area contributed by atoms with E-state index in [1.54, 1.807) is 0 Å². The third-order valence-corrected chi connectivity index (χ3v) is 9.47. The largest absolute Gasteiger partial charge is 3.00 e. The Morgan fingerprint density at radius 1 is 0.750 bits per heavy atom. The number of anilines is 3. The molecule has 1 aliphatic rings. The van der Waals surface area contributed by atoms with Crippen LogP contribution in [-0.2, 0) is 20.1 Å². The van der Waals surface area contributed by atoms with Crippen LogP contribution in [0.3, 0.4) is 0 Å². The van der Waals surface area contributed by atoms with Gasteiger partial charge in [0.15, 0.2) is 0 Å². The van der Waals surface area contributed by atoms with Crippen molar-refractivity contribution in [1.29, 1.82) is 0 Å². The van der Waals surface area contributed by atoms with Crippen LogP contribution in [0.25, 0.3) is 49.4 Å². The number of benzene rings is 5. The topological polar surface area (TPSA) is 23.8 Å². The number of unbranched alkanes of at least 4 members (excludes halogenated alkanes) is 1. The van der Waals surface area contributed by atoms with Crippen molar-refractivity contribution in [1.82, 2.24) is 9.38 Å². The normalized spacial score (nSPS) is 12.5. The number of nitrogens with zero attached hydrogens (tertiary/aromatic N) is 4. The molecular formula is C43H37IrN4. The van der Waals surface area contributed by atoms with Crippen LogP contribution in [0.5, 0.6) is 0 Å². The van der Waals surface area contributed by atoms with Crippen LogP contribution in [0.1, 0.15) is 36.5 Å². The molecule has 4 heterocycles. The molecule has 0 aliphatic carbocycles. The summed E-state index contributed by atoms with van der Waals surface area (Å²) in [7, 11) is 0. The number of aryl methyl sites for hydroxylation is 3. The van der Waals surface area contributed by atoms with Gasteiger partial charge in [0.25, 0.3) is 0 Å². The third kappa shape index (κ3) is 5.32. The van der Waals surface area contributed by atoms with Crippen molar-refractivity contribution in [3.63, 3.8) is 0 Å². The maximum atomic E-state index is 4.41. The Hall–Kier alpha value is -4.70. The summed E-state index contributed by atoms with van der Waals surface area (Å²) >= 11 is 0. The molecule has 0 fully saturated rings. The predicted molar refractivity (Wildman–Crippen MR) is 198 cm³/mol. The van der Waals surface area contributed by atoms with Crippen LogP contribution in [-0.4, -0.2) is 15.9 Å². The average Bonchev–Trinajstić information content (AvgIpc) is 3.77. The third-order valence-electron chi connectivity index (χ3n) is 9.47. The van der Waals surface area contributed by atoms with E-state index >= 15 is 0 Å². The minimum Gasteiger partial charge on any atom is -0.501 e. The smallest absolute Gasteiger partial charge is 0.501 e. The van der Waals surface area contributed by atoms with E-state index in [1.807, 2.05) is 12.3 Å². The molecule has 0 bridgehead atoms. The summed E-state index contributed by atoms with van der Waals surface area (Å²) in [5.74, 6) is 0. The van der Waals surface area contributed by atoms with Gasteiger partial charge in [0.05, 0.1) is 5.52 Å². The minimum absolute atomic E-state index is 0. The summed E-state index contributed by atoms with van der Waals surface area (Å²) in [6.07, 6.45) is 4.27. The second-order valence-corrected chi connectivity index (χ2v) is 12.6. The van der Waals surface area contributed by atoms with E-state index in [0.29, 0.717) is 0 Å². The quantitative estimate of drug-likeness (QED) is 0.162. The van der Waals surface area contributed by atoms with Gasteiger partial charge in [-0.05, 0) is 61.7 Å². The molecule has 5 aromatic carbocycles. The number of fused-ring (bicyclic) bond motifs is 7. The predicted octanol–water partition coefficient (Wildman–Crippen LogP) is 11.0. The Bertz CT molecular complexity index is 2370. The molecule has 238 valence electrons. The fourth-order valence-electron chi connectivity index (χ4n) is 6.88. The van der Waals surface area contributed by atoms with Crippen molar-refractivity contribution in [2.24, 2.45) is 0 Å². The van der Waals surface area contributed by atoms with Gasteiger partial charge in [0.2, 0.25) is 0 Å². The number of hydrogen-bond acceptors (Lipinski definition) is 3. The molecule has 0 amide bonds. The van der Waals surface area contributed by atoms with E-state index in [-0.39, 0.29) is 20.1 Å². The van der Waals surface area contributed by atoms with Crippen molar-refractivity contribution in [3.8, 4) is 11.3 Å². The molecule has 4 nitrogen and oxygen atoms in total. The first-order valence-electron chi connectivity index (χ1n) is 16.5. The summed E-state index contributed by atoms with van der Waals surface area (Å²) in [6.45, 7) is 11.8. The molecule has 0 saturated heterocycles. The Morgan fingerprint density at radius 3 is 2.31 bits per heavy atom. The van der Waals surface area contributed by atoms with E-state index in [4.69, 9.17) is 0 Å². The molecule has 5 heteroatoms. The zero-order valence-corrected chi connectivity index (χ0v) is 30.1. The van der Waals surface area contributed by atoms with Crippen molar-refractivity contribution >= 4 is 55.2 Å². The van der Waals surface area contributed by atoms with E-state index in [0.717, 1.165) is 23.5 Å². The van der Waals surface area contributed by atoms with Gasteiger partial charge in [0.1, 0.15) is 0 Å². The van der Waals surface area contributed by atoms with Gasteiger partial charge >= 0.3 is 20.1 Å². The molecular weight excluding hydrogens is 765 g/mol. The van der Waals surface area contributed by atoms with E-state index in [2.05, 4.69) is 163 Å². The summed E-state index contributed by atoms with van der Waals surface area (Å²) in [4.78, 5) is 9.12. The van der Waals surface area contributed by atoms with Gasteiger partial charge in [-0.3, -0.25) is 0 Å².